The van der Waals surface area contributed by atoms with Gasteiger partial charge in [0, 0.05) is 6.04 Å². The molecule has 13 heavy (non-hydrogen) atoms. The van der Waals surface area contributed by atoms with E-state index in [4.69, 9.17) is 0 Å². The van der Waals surface area contributed by atoms with Crippen LogP contribution in [-0.4, -0.2) is 12.6 Å². The van der Waals surface area contributed by atoms with E-state index in [9.17, 15) is 0 Å². The van der Waals surface area contributed by atoms with Gasteiger partial charge in [-0.15, -0.1) is 0 Å². The van der Waals surface area contributed by atoms with Gasteiger partial charge in [0.15, 0.2) is 0 Å². The molecule has 0 bridgehead atoms. The first-order valence-corrected chi connectivity index (χ1v) is 5.97. The van der Waals surface area contributed by atoms with Crippen molar-refractivity contribution in [2.45, 2.75) is 58.9 Å². The van der Waals surface area contributed by atoms with Gasteiger partial charge in [-0.05, 0) is 31.2 Å². The molecule has 0 aliphatic heterocycles. The van der Waals surface area contributed by atoms with Crippen molar-refractivity contribution < 1.29 is 0 Å². The summed E-state index contributed by atoms with van der Waals surface area (Å²) in [5.74, 6) is 1.74. The summed E-state index contributed by atoms with van der Waals surface area (Å²) < 4.78 is 0. The van der Waals surface area contributed by atoms with E-state index >= 15 is 0 Å². The molecule has 3 unspecified atom stereocenters. The normalized spacial score (nSPS) is 31.6. The smallest absolute Gasteiger partial charge is 0.00928 e. The molecule has 0 aromatic heterocycles. The van der Waals surface area contributed by atoms with Crippen molar-refractivity contribution in [2.24, 2.45) is 11.8 Å². The van der Waals surface area contributed by atoms with Crippen LogP contribution in [0.25, 0.3) is 0 Å². The molecule has 1 fully saturated rings. The van der Waals surface area contributed by atoms with Gasteiger partial charge in [-0.1, -0.05) is 40.0 Å². The molecule has 1 nitrogen and oxygen atoms in total. The second-order valence-electron chi connectivity index (χ2n) is 4.79. The SMILES string of the molecule is CCC(C)CNC1CCCCC1C. The molecule has 1 aliphatic carbocycles. The summed E-state index contributed by atoms with van der Waals surface area (Å²) in [7, 11) is 0. The van der Waals surface area contributed by atoms with Crippen LogP contribution in [-0.2, 0) is 0 Å². The molecular formula is C12H25N. The van der Waals surface area contributed by atoms with Gasteiger partial charge in [-0.2, -0.15) is 0 Å². The van der Waals surface area contributed by atoms with Crippen LogP contribution in [0.4, 0.5) is 0 Å². The standard InChI is InChI=1S/C12H25N/c1-4-10(2)9-13-12-8-6-5-7-11(12)3/h10-13H,4-9H2,1-3H3. The highest BCUT2D eigenvalue weighted by Gasteiger charge is 2.20. The van der Waals surface area contributed by atoms with Crippen LogP contribution in [0.5, 0.6) is 0 Å². The average molecular weight is 183 g/mol. The monoisotopic (exact) mass is 183 g/mol. The fourth-order valence-corrected chi connectivity index (χ4v) is 2.12. The van der Waals surface area contributed by atoms with E-state index in [0.717, 1.165) is 17.9 Å². The zero-order valence-electron chi connectivity index (χ0n) is 9.47. The summed E-state index contributed by atoms with van der Waals surface area (Å²) in [6, 6.07) is 0.808. The molecule has 1 aliphatic rings. The first-order chi connectivity index (χ1) is 6.24. The zero-order chi connectivity index (χ0) is 9.68. The lowest BCUT2D eigenvalue weighted by Gasteiger charge is -2.30. The Bertz CT molecular complexity index is 133. The van der Waals surface area contributed by atoms with Gasteiger partial charge >= 0.3 is 0 Å². The predicted octanol–water partition coefficient (Wildman–Crippen LogP) is 3.20. The van der Waals surface area contributed by atoms with Crippen molar-refractivity contribution in [1.82, 2.24) is 5.32 Å². The fourth-order valence-electron chi connectivity index (χ4n) is 2.12. The van der Waals surface area contributed by atoms with Gasteiger partial charge in [-0.25, -0.2) is 0 Å². The van der Waals surface area contributed by atoms with E-state index in [-0.39, 0.29) is 0 Å². The lowest BCUT2D eigenvalue weighted by atomic mass is 9.85. The van der Waals surface area contributed by atoms with Gasteiger partial charge in [0.25, 0.3) is 0 Å². The van der Waals surface area contributed by atoms with Crippen molar-refractivity contribution >= 4 is 0 Å². The Morgan fingerprint density at radius 2 is 2.00 bits per heavy atom. The maximum atomic E-state index is 3.72. The van der Waals surface area contributed by atoms with E-state index in [1.54, 1.807) is 0 Å². The summed E-state index contributed by atoms with van der Waals surface area (Å²) in [6.07, 6.45) is 7.01. The number of nitrogens with one attached hydrogen (secondary N) is 1. The number of hydrogen-bond acceptors (Lipinski definition) is 1. The van der Waals surface area contributed by atoms with Gasteiger partial charge < -0.3 is 5.32 Å². The molecule has 0 heterocycles. The summed E-state index contributed by atoms with van der Waals surface area (Å²) in [5.41, 5.74) is 0. The maximum absolute atomic E-state index is 3.72. The average Bonchev–Trinajstić information content (AvgIpc) is 2.16. The van der Waals surface area contributed by atoms with Crippen molar-refractivity contribution in [3.8, 4) is 0 Å². The zero-order valence-corrected chi connectivity index (χ0v) is 9.47. The summed E-state index contributed by atoms with van der Waals surface area (Å²) in [5, 5.41) is 3.72. The molecule has 0 amide bonds. The van der Waals surface area contributed by atoms with Crippen LogP contribution >= 0.6 is 0 Å². The van der Waals surface area contributed by atoms with Crippen LogP contribution in [0.3, 0.4) is 0 Å². The third-order valence-electron chi connectivity index (χ3n) is 3.54. The van der Waals surface area contributed by atoms with Crippen LogP contribution in [0.15, 0.2) is 0 Å². The second-order valence-corrected chi connectivity index (χ2v) is 4.79. The van der Waals surface area contributed by atoms with Crippen molar-refractivity contribution in [1.29, 1.82) is 0 Å². The van der Waals surface area contributed by atoms with Crippen LogP contribution in [0.2, 0.25) is 0 Å². The van der Waals surface area contributed by atoms with Crippen molar-refractivity contribution in [3.05, 3.63) is 0 Å². The second kappa shape index (κ2) is 5.64. The summed E-state index contributed by atoms with van der Waals surface area (Å²) >= 11 is 0. The highest BCUT2D eigenvalue weighted by atomic mass is 14.9. The largest absolute Gasteiger partial charge is 0.313 e. The molecule has 0 spiro atoms. The van der Waals surface area contributed by atoms with E-state index < -0.39 is 0 Å². The third kappa shape index (κ3) is 3.68. The minimum Gasteiger partial charge on any atom is -0.313 e. The lowest BCUT2D eigenvalue weighted by molar-refractivity contribution is 0.269. The minimum absolute atomic E-state index is 0.808. The molecule has 1 saturated carbocycles. The van der Waals surface area contributed by atoms with E-state index in [1.165, 1.54) is 38.6 Å². The molecule has 1 heteroatoms. The van der Waals surface area contributed by atoms with Crippen LogP contribution in [0.1, 0.15) is 52.9 Å². The lowest BCUT2D eigenvalue weighted by Crippen LogP contribution is -2.39. The topological polar surface area (TPSA) is 12.0 Å². The van der Waals surface area contributed by atoms with Crippen molar-refractivity contribution in [2.75, 3.05) is 6.54 Å². The molecule has 0 aromatic rings. The van der Waals surface area contributed by atoms with Gasteiger partial charge in [0.05, 0.1) is 0 Å². The molecule has 3 atom stereocenters. The quantitative estimate of drug-likeness (QED) is 0.706. The molecule has 78 valence electrons. The molecule has 1 rings (SSSR count). The Morgan fingerprint density at radius 1 is 1.31 bits per heavy atom. The first-order valence-electron chi connectivity index (χ1n) is 5.97. The molecule has 0 aromatic carbocycles. The summed E-state index contributed by atoms with van der Waals surface area (Å²) in [6.45, 7) is 8.22. The minimum atomic E-state index is 0.808. The Balaban J connectivity index is 2.18. The molecular weight excluding hydrogens is 158 g/mol. The summed E-state index contributed by atoms with van der Waals surface area (Å²) in [4.78, 5) is 0. The van der Waals surface area contributed by atoms with E-state index in [2.05, 4.69) is 26.1 Å². The first kappa shape index (κ1) is 11.0. The number of hydrogen-bond donors (Lipinski definition) is 1. The fraction of sp³-hybridized carbons (Fsp3) is 1.00. The van der Waals surface area contributed by atoms with Crippen LogP contribution in [0, 0.1) is 11.8 Å². The molecule has 0 radical (unpaired) electrons. The molecule has 0 saturated heterocycles. The Labute approximate surface area is 83.3 Å². The maximum Gasteiger partial charge on any atom is 0.00928 e. The predicted molar refractivity (Wildman–Crippen MR) is 58.9 cm³/mol. The third-order valence-corrected chi connectivity index (χ3v) is 3.54. The number of rotatable bonds is 4. The highest BCUT2D eigenvalue weighted by molar-refractivity contribution is 4.78. The Kier molecular flexibility index (Phi) is 4.79. The van der Waals surface area contributed by atoms with E-state index in [0.29, 0.717) is 0 Å². The van der Waals surface area contributed by atoms with Gasteiger partial charge in [0.2, 0.25) is 0 Å². The molecule has 1 N–H and O–H groups in total. The van der Waals surface area contributed by atoms with E-state index in [1.807, 2.05) is 0 Å². The highest BCUT2D eigenvalue weighted by Crippen LogP contribution is 2.23. The van der Waals surface area contributed by atoms with Crippen molar-refractivity contribution in [3.63, 3.8) is 0 Å². The van der Waals surface area contributed by atoms with Gasteiger partial charge in [0.1, 0.15) is 0 Å². The van der Waals surface area contributed by atoms with Gasteiger partial charge in [-0.3, -0.25) is 0 Å². The Hall–Kier alpha value is -0.0400. The van der Waals surface area contributed by atoms with Crippen LogP contribution < -0.4 is 5.32 Å². The Morgan fingerprint density at radius 3 is 2.62 bits per heavy atom.